The van der Waals surface area contributed by atoms with Gasteiger partial charge in [0, 0.05) is 23.1 Å². The Kier molecular flexibility index (Phi) is 5.11. The van der Waals surface area contributed by atoms with Crippen LogP contribution in [0, 0.1) is 0 Å². The van der Waals surface area contributed by atoms with Gasteiger partial charge >= 0.3 is 0 Å². The Balaban J connectivity index is 1.99. The number of amides is 1. The molecule has 1 heterocycles. The van der Waals surface area contributed by atoms with Gasteiger partial charge in [0.25, 0.3) is 5.91 Å². The fourth-order valence-electron chi connectivity index (χ4n) is 2.78. The van der Waals surface area contributed by atoms with Crippen molar-refractivity contribution < 1.29 is 9.53 Å². The number of carbonyl (C=O) groups excluding carboxylic acids is 1. The highest BCUT2D eigenvalue weighted by Crippen LogP contribution is 2.31. The standard InChI is InChI=1S/C16H23NO2S/c1-3-16(4-2)11-13(9-10-19-16)17-15(18)12-5-7-14(20)8-6-12/h5-8,13,20H,3-4,9-11H2,1-2H3,(H,17,18). The first-order chi connectivity index (χ1) is 9.58. The van der Waals surface area contributed by atoms with Crippen molar-refractivity contribution in [1.82, 2.24) is 5.32 Å². The number of ether oxygens (including phenoxy) is 1. The van der Waals surface area contributed by atoms with Gasteiger partial charge < -0.3 is 10.1 Å². The smallest absolute Gasteiger partial charge is 0.251 e. The minimum Gasteiger partial charge on any atom is -0.375 e. The van der Waals surface area contributed by atoms with E-state index in [-0.39, 0.29) is 17.6 Å². The molecule has 0 aromatic heterocycles. The van der Waals surface area contributed by atoms with Crippen LogP contribution in [0.1, 0.15) is 49.9 Å². The van der Waals surface area contributed by atoms with E-state index >= 15 is 0 Å². The Labute approximate surface area is 126 Å². The summed E-state index contributed by atoms with van der Waals surface area (Å²) in [7, 11) is 0. The van der Waals surface area contributed by atoms with Crippen molar-refractivity contribution in [3.05, 3.63) is 29.8 Å². The van der Waals surface area contributed by atoms with Crippen molar-refractivity contribution >= 4 is 18.5 Å². The molecule has 0 radical (unpaired) electrons. The molecule has 3 nitrogen and oxygen atoms in total. The topological polar surface area (TPSA) is 38.3 Å². The van der Waals surface area contributed by atoms with Crippen molar-refractivity contribution in [3.8, 4) is 0 Å². The quantitative estimate of drug-likeness (QED) is 0.835. The molecule has 0 bridgehead atoms. The van der Waals surface area contributed by atoms with Crippen LogP contribution in [-0.2, 0) is 4.74 Å². The van der Waals surface area contributed by atoms with Crippen molar-refractivity contribution in [3.63, 3.8) is 0 Å². The summed E-state index contributed by atoms with van der Waals surface area (Å²) in [5.74, 6) is -0.00802. The van der Waals surface area contributed by atoms with E-state index in [9.17, 15) is 4.79 Å². The van der Waals surface area contributed by atoms with Crippen LogP contribution in [0.3, 0.4) is 0 Å². The minimum atomic E-state index is -0.0643. The minimum absolute atomic E-state index is 0.00802. The zero-order valence-corrected chi connectivity index (χ0v) is 13.1. The van der Waals surface area contributed by atoms with Gasteiger partial charge in [-0.25, -0.2) is 0 Å². The molecule has 1 aliphatic heterocycles. The largest absolute Gasteiger partial charge is 0.375 e. The molecule has 0 aliphatic carbocycles. The van der Waals surface area contributed by atoms with Crippen LogP contribution < -0.4 is 5.32 Å². The lowest BCUT2D eigenvalue weighted by molar-refractivity contribution is -0.0917. The Hall–Kier alpha value is -1.00. The molecule has 20 heavy (non-hydrogen) atoms. The maximum atomic E-state index is 12.2. The maximum absolute atomic E-state index is 12.2. The Morgan fingerprint density at radius 3 is 2.60 bits per heavy atom. The third kappa shape index (κ3) is 3.55. The van der Waals surface area contributed by atoms with Crippen LogP contribution in [0.5, 0.6) is 0 Å². The summed E-state index contributed by atoms with van der Waals surface area (Å²) in [6.45, 7) is 5.03. The molecule has 1 unspecified atom stereocenters. The summed E-state index contributed by atoms with van der Waals surface area (Å²) in [5, 5.41) is 3.13. The van der Waals surface area contributed by atoms with E-state index in [0.29, 0.717) is 5.56 Å². The summed E-state index contributed by atoms with van der Waals surface area (Å²) < 4.78 is 5.94. The normalized spacial score (nSPS) is 21.4. The van der Waals surface area contributed by atoms with Crippen LogP contribution in [-0.4, -0.2) is 24.2 Å². The van der Waals surface area contributed by atoms with Gasteiger partial charge in [-0.3, -0.25) is 4.79 Å². The zero-order valence-electron chi connectivity index (χ0n) is 12.2. The van der Waals surface area contributed by atoms with Gasteiger partial charge in [-0.1, -0.05) is 13.8 Å². The van der Waals surface area contributed by atoms with Crippen molar-refractivity contribution in [2.45, 2.75) is 56.1 Å². The van der Waals surface area contributed by atoms with Crippen molar-refractivity contribution in [2.75, 3.05) is 6.61 Å². The second-order valence-corrected chi connectivity index (χ2v) is 5.97. The summed E-state index contributed by atoms with van der Waals surface area (Å²) in [6.07, 6.45) is 3.77. The van der Waals surface area contributed by atoms with Gasteiger partial charge in [0.05, 0.1) is 5.60 Å². The van der Waals surface area contributed by atoms with E-state index in [1.165, 1.54) is 0 Å². The molecule has 1 aromatic rings. The molecule has 1 aliphatic rings. The predicted octanol–water partition coefficient (Wildman–Crippen LogP) is 3.44. The van der Waals surface area contributed by atoms with Crippen molar-refractivity contribution in [1.29, 1.82) is 0 Å². The first-order valence-electron chi connectivity index (χ1n) is 7.32. The number of thiol groups is 1. The summed E-state index contributed by atoms with van der Waals surface area (Å²) in [4.78, 5) is 13.1. The molecule has 1 fully saturated rings. The van der Waals surface area contributed by atoms with Gasteiger partial charge in [-0.15, -0.1) is 12.6 Å². The van der Waals surface area contributed by atoms with E-state index in [2.05, 4.69) is 31.8 Å². The first-order valence-corrected chi connectivity index (χ1v) is 7.77. The Morgan fingerprint density at radius 2 is 2.00 bits per heavy atom. The molecule has 1 aromatic carbocycles. The van der Waals surface area contributed by atoms with Crippen molar-refractivity contribution in [2.24, 2.45) is 0 Å². The number of hydrogen-bond acceptors (Lipinski definition) is 3. The molecular formula is C16H23NO2S. The van der Waals surface area contributed by atoms with Gasteiger partial charge in [0.15, 0.2) is 0 Å². The van der Waals surface area contributed by atoms with Crippen LogP contribution in [0.15, 0.2) is 29.2 Å². The molecule has 0 spiro atoms. The number of carbonyl (C=O) groups is 1. The molecule has 2 rings (SSSR count). The lowest BCUT2D eigenvalue weighted by Crippen LogP contribution is -2.48. The van der Waals surface area contributed by atoms with Gasteiger partial charge in [0.1, 0.15) is 0 Å². The molecule has 110 valence electrons. The van der Waals surface area contributed by atoms with Crippen LogP contribution in [0.2, 0.25) is 0 Å². The fraction of sp³-hybridized carbons (Fsp3) is 0.562. The van der Waals surface area contributed by atoms with Gasteiger partial charge in [-0.05, 0) is 49.9 Å². The predicted molar refractivity (Wildman–Crippen MR) is 83.4 cm³/mol. The van der Waals surface area contributed by atoms with Crippen LogP contribution >= 0.6 is 12.6 Å². The Morgan fingerprint density at radius 1 is 1.35 bits per heavy atom. The van der Waals surface area contributed by atoms with E-state index in [1.54, 1.807) is 0 Å². The molecule has 1 N–H and O–H groups in total. The number of benzene rings is 1. The monoisotopic (exact) mass is 293 g/mol. The molecular weight excluding hydrogens is 270 g/mol. The lowest BCUT2D eigenvalue weighted by Gasteiger charge is -2.40. The number of rotatable bonds is 4. The number of nitrogens with one attached hydrogen (secondary N) is 1. The first kappa shape index (κ1) is 15.4. The average molecular weight is 293 g/mol. The molecule has 4 heteroatoms. The van der Waals surface area contributed by atoms with Crippen LogP contribution in [0.25, 0.3) is 0 Å². The van der Waals surface area contributed by atoms with Crippen LogP contribution in [0.4, 0.5) is 0 Å². The Bertz CT molecular complexity index is 454. The molecule has 0 saturated carbocycles. The van der Waals surface area contributed by atoms with E-state index in [1.807, 2.05) is 24.3 Å². The zero-order chi connectivity index (χ0) is 14.6. The fourth-order valence-corrected chi connectivity index (χ4v) is 2.92. The summed E-state index contributed by atoms with van der Waals surface area (Å²) >= 11 is 4.23. The average Bonchev–Trinajstić information content (AvgIpc) is 2.48. The molecule has 1 atom stereocenters. The van der Waals surface area contributed by atoms with E-state index < -0.39 is 0 Å². The highest BCUT2D eigenvalue weighted by atomic mass is 32.1. The van der Waals surface area contributed by atoms with E-state index in [4.69, 9.17) is 4.74 Å². The second-order valence-electron chi connectivity index (χ2n) is 5.45. The summed E-state index contributed by atoms with van der Waals surface area (Å²) in [5.41, 5.74) is 0.624. The van der Waals surface area contributed by atoms with Gasteiger partial charge in [-0.2, -0.15) is 0 Å². The SMILES string of the molecule is CCC1(CC)CC(NC(=O)c2ccc(S)cc2)CCO1. The third-order valence-corrected chi connectivity index (χ3v) is 4.54. The highest BCUT2D eigenvalue weighted by Gasteiger charge is 2.35. The summed E-state index contributed by atoms with van der Waals surface area (Å²) in [6, 6.07) is 7.49. The molecule has 1 saturated heterocycles. The third-order valence-electron chi connectivity index (χ3n) is 4.25. The lowest BCUT2D eigenvalue weighted by atomic mass is 9.86. The van der Waals surface area contributed by atoms with E-state index in [0.717, 1.165) is 37.2 Å². The number of hydrogen-bond donors (Lipinski definition) is 2. The maximum Gasteiger partial charge on any atom is 0.251 e. The second kappa shape index (κ2) is 6.64. The molecule has 1 amide bonds. The highest BCUT2D eigenvalue weighted by molar-refractivity contribution is 7.80. The van der Waals surface area contributed by atoms with Gasteiger partial charge in [0.2, 0.25) is 0 Å².